The zero-order chi connectivity index (χ0) is 18.8. The summed E-state index contributed by atoms with van der Waals surface area (Å²) in [7, 11) is 1.79. The minimum Gasteiger partial charge on any atom is -0.309 e. The number of pyridine rings is 3. The molecular formula is C21H21N5O. The van der Waals surface area contributed by atoms with Gasteiger partial charge >= 0.3 is 0 Å². The summed E-state index contributed by atoms with van der Waals surface area (Å²) in [6.07, 6.45) is 8.90. The van der Waals surface area contributed by atoms with Crippen molar-refractivity contribution < 1.29 is 4.79 Å². The zero-order valence-electron chi connectivity index (χ0n) is 15.5. The van der Waals surface area contributed by atoms with E-state index in [1.54, 1.807) is 30.5 Å². The Bertz CT molecular complexity index is 973. The lowest BCUT2D eigenvalue weighted by atomic mass is 10.0. The fourth-order valence-electron chi connectivity index (χ4n) is 3.40. The quantitative estimate of drug-likeness (QED) is 0.714. The minimum absolute atomic E-state index is 0.0616. The van der Waals surface area contributed by atoms with Crippen LogP contribution < -0.4 is 9.80 Å². The number of aryl methyl sites for hydroxylation is 2. The Kier molecular flexibility index (Phi) is 4.54. The van der Waals surface area contributed by atoms with Crippen LogP contribution in [0.15, 0.2) is 55.1 Å². The Morgan fingerprint density at radius 2 is 1.74 bits per heavy atom. The van der Waals surface area contributed by atoms with Gasteiger partial charge in [-0.1, -0.05) is 0 Å². The minimum atomic E-state index is -0.0616. The molecule has 0 aliphatic carbocycles. The summed E-state index contributed by atoms with van der Waals surface area (Å²) in [6, 6.07) is 9.75. The molecule has 3 aromatic heterocycles. The topological polar surface area (TPSA) is 62.2 Å². The monoisotopic (exact) mass is 359 g/mol. The zero-order valence-corrected chi connectivity index (χ0v) is 15.5. The molecule has 1 amide bonds. The van der Waals surface area contributed by atoms with Gasteiger partial charge < -0.3 is 9.80 Å². The molecule has 0 spiro atoms. The van der Waals surface area contributed by atoms with Gasteiger partial charge in [0.25, 0.3) is 5.91 Å². The molecule has 1 aliphatic heterocycles. The average molecular weight is 359 g/mol. The molecule has 0 aromatic carbocycles. The smallest absolute Gasteiger partial charge is 0.261 e. The van der Waals surface area contributed by atoms with Crippen LogP contribution in [0, 0.1) is 0 Å². The molecule has 0 atom stereocenters. The van der Waals surface area contributed by atoms with E-state index in [1.165, 1.54) is 5.56 Å². The van der Waals surface area contributed by atoms with Crippen LogP contribution in [0.25, 0.3) is 0 Å². The second kappa shape index (κ2) is 7.15. The summed E-state index contributed by atoms with van der Waals surface area (Å²) in [5.74, 6) is 1.36. The van der Waals surface area contributed by atoms with Crippen molar-refractivity contribution in [2.24, 2.45) is 0 Å². The van der Waals surface area contributed by atoms with Gasteiger partial charge in [0.2, 0.25) is 0 Å². The number of hydrogen-bond acceptors (Lipinski definition) is 5. The highest BCUT2D eigenvalue weighted by molar-refractivity contribution is 6.12. The highest BCUT2D eigenvalue weighted by Gasteiger charge is 2.30. The fraction of sp³-hybridized carbons (Fsp3) is 0.238. The third-order valence-electron chi connectivity index (χ3n) is 4.87. The Labute approximate surface area is 158 Å². The van der Waals surface area contributed by atoms with Crippen LogP contribution >= 0.6 is 0 Å². The molecule has 3 aromatic rings. The van der Waals surface area contributed by atoms with E-state index in [0.717, 1.165) is 29.9 Å². The first kappa shape index (κ1) is 17.1. The standard InChI is InChI=1S/C21H21N5O/c1-3-26-19-17(21(27)25(2)18-5-4-10-23-20(18)26)13-16(14-24-19)7-6-15-8-11-22-12-9-15/h4-5,8-14H,3,6-7H2,1-2H3. The van der Waals surface area contributed by atoms with Crippen molar-refractivity contribution in [1.82, 2.24) is 15.0 Å². The maximum atomic E-state index is 13.1. The van der Waals surface area contributed by atoms with Crippen LogP contribution in [-0.4, -0.2) is 34.5 Å². The molecule has 6 heteroatoms. The van der Waals surface area contributed by atoms with E-state index in [2.05, 4.69) is 15.0 Å². The van der Waals surface area contributed by atoms with Gasteiger partial charge in [-0.25, -0.2) is 9.97 Å². The van der Waals surface area contributed by atoms with E-state index in [-0.39, 0.29) is 5.91 Å². The SMILES string of the molecule is CCN1c2ncc(CCc3ccncc3)cc2C(=O)N(C)c2cccnc21. The summed E-state index contributed by atoms with van der Waals surface area (Å²) in [4.78, 5) is 30.0. The first-order valence-corrected chi connectivity index (χ1v) is 9.07. The van der Waals surface area contributed by atoms with E-state index in [0.29, 0.717) is 17.9 Å². The summed E-state index contributed by atoms with van der Waals surface area (Å²) in [5, 5.41) is 0. The van der Waals surface area contributed by atoms with Crippen molar-refractivity contribution in [2.45, 2.75) is 19.8 Å². The van der Waals surface area contributed by atoms with Crippen molar-refractivity contribution in [1.29, 1.82) is 0 Å². The van der Waals surface area contributed by atoms with Gasteiger partial charge in [-0.15, -0.1) is 0 Å². The van der Waals surface area contributed by atoms with Gasteiger partial charge in [-0.3, -0.25) is 9.78 Å². The summed E-state index contributed by atoms with van der Waals surface area (Å²) < 4.78 is 0. The number of carbonyl (C=O) groups is 1. The summed E-state index contributed by atoms with van der Waals surface area (Å²) >= 11 is 0. The third kappa shape index (κ3) is 3.14. The van der Waals surface area contributed by atoms with E-state index >= 15 is 0 Å². The van der Waals surface area contributed by atoms with Gasteiger partial charge in [-0.05, 0) is 61.2 Å². The van der Waals surface area contributed by atoms with Crippen molar-refractivity contribution in [3.8, 4) is 0 Å². The fourth-order valence-corrected chi connectivity index (χ4v) is 3.40. The van der Waals surface area contributed by atoms with Gasteiger partial charge in [0.05, 0.1) is 11.3 Å². The molecule has 0 unspecified atom stereocenters. The molecule has 4 heterocycles. The lowest BCUT2D eigenvalue weighted by Gasteiger charge is -2.22. The Morgan fingerprint density at radius 1 is 0.963 bits per heavy atom. The lowest BCUT2D eigenvalue weighted by molar-refractivity contribution is 0.0994. The van der Waals surface area contributed by atoms with Crippen LogP contribution in [0.3, 0.4) is 0 Å². The molecule has 4 rings (SSSR count). The molecule has 6 nitrogen and oxygen atoms in total. The van der Waals surface area contributed by atoms with Crippen LogP contribution in [0.1, 0.15) is 28.4 Å². The molecule has 0 saturated carbocycles. The van der Waals surface area contributed by atoms with Crippen molar-refractivity contribution >= 4 is 23.2 Å². The maximum Gasteiger partial charge on any atom is 0.261 e. The number of fused-ring (bicyclic) bond motifs is 2. The Balaban J connectivity index is 1.71. The average Bonchev–Trinajstić information content (AvgIpc) is 2.81. The second-order valence-electron chi connectivity index (χ2n) is 6.52. The number of aromatic nitrogens is 3. The predicted molar refractivity (Wildman–Crippen MR) is 106 cm³/mol. The van der Waals surface area contributed by atoms with Crippen LogP contribution in [0.2, 0.25) is 0 Å². The molecule has 0 N–H and O–H groups in total. The second-order valence-corrected chi connectivity index (χ2v) is 6.52. The van der Waals surface area contributed by atoms with E-state index < -0.39 is 0 Å². The van der Waals surface area contributed by atoms with E-state index in [1.807, 2.05) is 48.4 Å². The highest BCUT2D eigenvalue weighted by atomic mass is 16.2. The lowest BCUT2D eigenvalue weighted by Crippen LogP contribution is -2.25. The number of nitrogens with zero attached hydrogens (tertiary/aromatic N) is 5. The largest absolute Gasteiger partial charge is 0.309 e. The molecule has 0 saturated heterocycles. The van der Waals surface area contributed by atoms with E-state index in [4.69, 9.17) is 0 Å². The van der Waals surface area contributed by atoms with Crippen LogP contribution in [-0.2, 0) is 12.8 Å². The Morgan fingerprint density at radius 3 is 2.52 bits per heavy atom. The Hall–Kier alpha value is -3.28. The molecule has 0 bridgehead atoms. The van der Waals surface area contributed by atoms with Crippen molar-refractivity contribution in [2.75, 3.05) is 23.4 Å². The normalized spacial score (nSPS) is 13.2. The summed E-state index contributed by atoms with van der Waals surface area (Å²) in [5.41, 5.74) is 3.67. The number of amides is 1. The van der Waals surface area contributed by atoms with Gasteiger partial charge in [-0.2, -0.15) is 0 Å². The molecule has 0 radical (unpaired) electrons. The number of hydrogen-bond donors (Lipinski definition) is 0. The highest BCUT2D eigenvalue weighted by Crippen LogP contribution is 2.37. The van der Waals surface area contributed by atoms with Gasteiger partial charge in [0.15, 0.2) is 5.82 Å². The van der Waals surface area contributed by atoms with Crippen LogP contribution in [0.5, 0.6) is 0 Å². The molecule has 1 aliphatic rings. The molecular weight excluding hydrogens is 338 g/mol. The first-order valence-electron chi connectivity index (χ1n) is 9.07. The van der Waals surface area contributed by atoms with Gasteiger partial charge in [0, 0.05) is 38.4 Å². The number of rotatable bonds is 4. The van der Waals surface area contributed by atoms with Gasteiger partial charge in [0.1, 0.15) is 5.82 Å². The van der Waals surface area contributed by atoms with E-state index in [9.17, 15) is 4.79 Å². The predicted octanol–water partition coefficient (Wildman–Crippen LogP) is 3.40. The maximum absolute atomic E-state index is 13.1. The number of carbonyl (C=O) groups excluding carboxylic acids is 1. The molecule has 0 fully saturated rings. The van der Waals surface area contributed by atoms with Crippen LogP contribution in [0.4, 0.5) is 17.3 Å². The number of anilines is 3. The summed E-state index contributed by atoms with van der Waals surface area (Å²) in [6.45, 7) is 2.72. The first-order chi connectivity index (χ1) is 13.2. The molecule has 136 valence electrons. The third-order valence-corrected chi connectivity index (χ3v) is 4.87. The van der Waals surface area contributed by atoms with Crippen molar-refractivity contribution in [3.63, 3.8) is 0 Å². The molecule has 27 heavy (non-hydrogen) atoms. The van der Waals surface area contributed by atoms with Crippen molar-refractivity contribution in [3.05, 3.63) is 71.8 Å².